The minimum absolute atomic E-state index is 0.105. The number of rotatable bonds is 9. The molecule has 3 aromatic rings. The first kappa shape index (κ1) is 30.5. The zero-order valence-corrected chi connectivity index (χ0v) is 23.4. The minimum Gasteiger partial charge on any atom is -0.457 e. The molecule has 0 spiro atoms. The van der Waals surface area contributed by atoms with E-state index in [2.05, 4.69) is 11.8 Å². The van der Waals surface area contributed by atoms with Gasteiger partial charge in [0.1, 0.15) is 17.0 Å². The van der Waals surface area contributed by atoms with Crippen LogP contribution >= 0.6 is 0 Å². The minimum atomic E-state index is -5.96. The number of benzene rings is 3. The van der Waals surface area contributed by atoms with Crippen molar-refractivity contribution in [2.45, 2.75) is 63.1 Å². The molecule has 12 heteroatoms. The van der Waals surface area contributed by atoms with Crippen molar-refractivity contribution in [1.82, 2.24) is 4.90 Å². The van der Waals surface area contributed by atoms with E-state index < -0.39 is 29.1 Å². The first-order valence-corrected chi connectivity index (χ1v) is 13.7. The highest BCUT2D eigenvalue weighted by Crippen LogP contribution is 2.51. The van der Waals surface area contributed by atoms with E-state index in [0.717, 1.165) is 23.6 Å². The number of aliphatic hydroxyl groups is 1. The Morgan fingerprint density at radius 3 is 2.26 bits per heavy atom. The maximum absolute atomic E-state index is 13.4. The second-order valence-corrected chi connectivity index (χ2v) is 10.6. The lowest BCUT2D eigenvalue weighted by atomic mass is 9.88. The van der Waals surface area contributed by atoms with E-state index in [1.807, 2.05) is 36.7 Å². The van der Waals surface area contributed by atoms with E-state index in [1.165, 1.54) is 0 Å². The molecule has 2 aliphatic rings. The number of fused-ring (bicyclic) bond motifs is 1. The van der Waals surface area contributed by atoms with Crippen LogP contribution in [0, 0.1) is 0 Å². The largest absolute Gasteiger partial charge is 0.457 e. The molecule has 43 heavy (non-hydrogen) atoms. The predicted octanol–water partition coefficient (Wildman–Crippen LogP) is 7.62. The van der Waals surface area contributed by atoms with Crippen LogP contribution in [-0.2, 0) is 24.1 Å². The number of halogens is 6. The van der Waals surface area contributed by atoms with Gasteiger partial charge in [-0.3, -0.25) is 4.99 Å². The molecule has 0 fully saturated rings. The lowest BCUT2D eigenvalue weighted by Crippen LogP contribution is -2.53. The SMILES string of the molecule is CCCc1cc(C(O)(C(F)(F)F)C(F)(F)F)ccc1Oc1ccc(CN2C=NC(CC)(c3ccc4c(c3)OCO4)C2)cc1. The molecule has 230 valence electrons. The molecule has 2 heterocycles. The lowest BCUT2D eigenvalue weighted by Gasteiger charge is -2.33. The molecule has 1 unspecified atom stereocenters. The third-order valence-electron chi connectivity index (χ3n) is 7.78. The summed E-state index contributed by atoms with van der Waals surface area (Å²) in [4.78, 5) is 6.92. The summed E-state index contributed by atoms with van der Waals surface area (Å²) < 4.78 is 97.3. The number of nitrogens with zero attached hydrogens (tertiary/aromatic N) is 2. The van der Waals surface area contributed by atoms with Gasteiger partial charge in [-0.2, -0.15) is 26.3 Å². The van der Waals surface area contributed by atoms with Crippen molar-refractivity contribution >= 4 is 6.34 Å². The van der Waals surface area contributed by atoms with E-state index >= 15 is 0 Å². The van der Waals surface area contributed by atoms with Crippen molar-refractivity contribution in [3.63, 3.8) is 0 Å². The summed E-state index contributed by atoms with van der Waals surface area (Å²) in [6.45, 7) is 5.20. The van der Waals surface area contributed by atoms with Gasteiger partial charge in [0, 0.05) is 18.7 Å². The quantitative estimate of drug-likeness (QED) is 0.253. The summed E-state index contributed by atoms with van der Waals surface area (Å²) in [6.07, 6.45) is -8.76. The van der Waals surface area contributed by atoms with Gasteiger partial charge in [-0.05, 0) is 65.9 Å². The van der Waals surface area contributed by atoms with Crippen molar-refractivity contribution in [1.29, 1.82) is 0 Å². The highest BCUT2D eigenvalue weighted by molar-refractivity contribution is 5.61. The highest BCUT2D eigenvalue weighted by Gasteiger charge is 2.71. The summed E-state index contributed by atoms with van der Waals surface area (Å²) in [5, 5.41) is 9.81. The van der Waals surface area contributed by atoms with E-state index in [-0.39, 0.29) is 24.5 Å². The number of alkyl halides is 6. The van der Waals surface area contributed by atoms with Crippen LogP contribution in [-0.4, -0.2) is 42.0 Å². The third-order valence-corrected chi connectivity index (χ3v) is 7.78. The summed E-state index contributed by atoms with van der Waals surface area (Å²) in [7, 11) is 0. The van der Waals surface area contributed by atoms with Gasteiger partial charge >= 0.3 is 12.4 Å². The van der Waals surface area contributed by atoms with Gasteiger partial charge in [-0.1, -0.05) is 44.5 Å². The van der Waals surface area contributed by atoms with Crippen LogP contribution in [0.15, 0.2) is 65.7 Å². The standard InChI is InChI=1S/C31H30F6N2O4/c1-3-5-21-14-23(29(40,30(32,33)34)31(35,36)37)9-12-25(21)43-24-10-6-20(7-11-24)16-39-17-28(4-2,38-18-39)22-8-13-26-27(15-22)42-19-41-26/h6-15,18,40H,3-5,16-17,19H2,1-2H3. The predicted molar refractivity (Wildman–Crippen MR) is 146 cm³/mol. The number of ether oxygens (including phenoxy) is 3. The molecule has 2 aliphatic heterocycles. The second-order valence-electron chi connectivity index (χ2n) is 10.6. The van der Waals surface area contributed by atoms with Gasteiger partial charge in [-0.25, -0.2) is 0 Å². The molecule has 1 atom stereocenters. The number of aryl methyl sites for hydroxylation is 1. The highest BCUT2D eigenvalue weighted by atomic mass is 19.4. The summed E-state index contributed by atoms with van der Waals surface area (Å²) in [5.41, 5.74) is -4.66. The van der Waals surface area contributed by atoms with Crippen LogP contribution in [0.1, 0.15) is 48.9 Å². The van der Waals surface area contributed by atoms with E-state index in [0.29, 0.717) is 48.9 Å². The average Bonchev–Trinajstić information content (AvgIpc) is 3.60. The Morgan fingerprint density at radius 1 is 0.907 bits per heavy atom. The molecule has 0 amide bonds. The van der Waals surface area contributed by atoms with Crippen LogP contribution in [0.4, 0.5) is 26.3 Å². The molecule has 0 saturated heterocycles. The summed E-state index contributed by atoms with van der Waals surface area (Å²) in [5.74, 6) is 1.86. The average molecular weight is 609 g/mol. The molecule has 6 nitrogen and oxygen atoms in total. The fourth-order valence-electron chi connectivity index (χ4n) is 5.35. The Labute approximate surface area is 244 Å². The van der Waals surface area contributed by atoms with Gasteiger partial charge in [-0.15, -0.1) is 0 Å². The fraction of sp³-hybridized carbons (Fsp3) is 0.387. The van der Waals surface area contributed by atoms with E-state index in [1.54, 1.807) is 19.1 Å². The Morgan fingerprint density at radius 2 is 1.60 bits per heavy atom. The Balaban J connectivity index is 1.29. The van der Waals surface area contributed by atoms with Crippen LogP contribution < -0.4 is 14.2 Å². The monoisotopic (exact) mass is 608 g/mol. The summed E-state index contributed by atoms with van der Waals surface area (Å²) in [6, 6.07) is 15.2. The first-order valence-electron chi connectivity index (χ1n) is 13.7. The number of aliphatic imine (C=N–C) groups is 1. The van der Waals surface area contributed by atoms with Gasteiger partial charge in [0.2, 0.25) is 6.79 Å². The van der Waals surface area contributed by atoms with Gasteiger partial charge in [0.05, 0.1) is 6.34 Å². The van der Waals surface area contributed by atoms with E-state index in [9.17, 15) is 31.4 Å². The van der Waals surface area contributed by atoms with Crippen LogP contribution in [0.5, 0.6) is 23.0 Å². The van der Waals surface area contributed by atoms with E-state index in [4.69, 9.17) is 19.2 Å². The molecule has 1 N–H and O–H groups in total. The normalized spacial score (nSPS) is 18.4. The molecular weight excluding hydrogens is 578 g/mol. The molecule has 5 rings (SSSR count). The number of hydrogen-bond acceptors (Lipinski definition) is 6. The molecular formula is C31H30F6N2O4. The molecule has 0 aromatic heterocycles. The molecule has 0 bridgehead atoms. The van der Waals surface area contributed by atoms with Crippen LogP contribution in [0.2, 0.25) is 0 Å². The van der Waals surface area contributed by atoms with Crippen molar-refractivity contribution in [3.05, 3.63) is 82.9 Å². The Bertz CT molecular complexity index is 1480. The van der Waals surface area contributed by atoms with Crippen LogP contribution in [0.25, 0.3) is 0 Å². The first-order chi connectivity index (χ1) is 20.3. The van der Waals surface area contributed by atoms with Crippen molar-refractivity contribution in [3.8, 4) is 23.0 Å². The Kier molecular flexibility index (Phi) is 8.02. The lowest BCUT2D eigenvalue weighted by molar-refractivity contribution is -0.376. The molecule has 3 aromatic carbocycles. The zero-order chi connectivity index (χ0) is 31.0. The molecule has 0 radical (unpaired) electrons. The Hall–Kier alpha value is -3.93. The van der Waals surface area contributed by atoms with Crippen molar-refractivity contribution < 1.29 is 45.7 Å². The van der Waals surface area contributed by atoms with Gasteiger partial charge < -0.3 is 24.2 Å². The zero-order valence-electron chi connectivity index (χ0n) is 23.4. The molecule has 0 aliphatic carbocycles. The number of hydrogen-bond donors (Lipinski definition) is 1. The van der Waals surface area contributed by atoms with Crippen LogP contribution in [0.3, 0.4) is 0 Å². The maximum Gasteiger partial charge on any atom is 0.430 e. The molecule has 0 saturated carbocycles. The topological polar surface area (TPSA) is 63.5 Å². The van der Waals surface area contributed by atoms with Crippen molar-refractivity contribution in [2.24, 2.45) is 4.99 Å². The van der Waals surface area contributed by atoms with Gasteiger partial charge in [0.15, 0.2) is 11.5 Å². The smallest absolute Gasteiger partial charge is 0.430 e. The second kappa shape index (κ2) is 11.3. The maximum atomic E-state index is 13.4. The summed E-state index contributed by atoms with van der Waals surface area (Å²) >= 11 is 0. The van der Waals surface area contributed by atoms with Gasteiger partial charge in [0.25, 0.3) is 5.60 Å². The third kappa shape index (κ3) is 5.72. The van der Waals surface area contributed by atoms with Crippen molar-refractivity contribution in [2.75, 3.05) is 13.3 Å². The fourth-order valence-corrected chi connectivity index (χ4v) is 5.35.